The van der Waals surface area contributed by atoms with E-state index in [9.17, 15) is 18.3 Å². The van der Waals surface area contributed by atoms with Crippen molar-refractivity contribution in [1.29, 1.82) is 0 Å². The number of hydrogen-bond acceptors (Lipinski definition) is 4. The first-order valence-electron chi connectivity index (χ1n) is 9.58. The maximum Gasteiger partial charge on any atom is 0.272 e. The average molecular weight is 568 g/mol. The fraction of sp³-hybridized carbons (Fsp3) is 0.0870. The first-order valence-corrected chi connectivity index (χ1v) is 12.6. The number of fused-ring (bicyclic) bond motifs is 1. The molecule has 0 atom stereocenters. The van der Waals surface area contributed by atoms with Crippen molar-refractivity contribution in [3.63, 3.8) is 0 Å². The second kappa shape index (κ2) is 8.68. The molecule has 1 aromatic heterocycles. The van der Waals surface area contributed by atoms with Gasteiger partial charge < -0.3 is 10.0 Å². The van der Waals surface area contributed by atoms with E-state index < -0.39 is 15.8 Å². The number of carbonyl (C=O) groups is 1. The lowest BCUT2D eigenvalue weighted by Gasteiger charge is -2.17. The van der Waals surface area contributed by atoms with Crippen molar-refractivity contribution in [2.24, 2.45) is 0 Å². The second-order valence-corrected chi connectivity index (χ2v) is 11.0. The van der Waals surface area contributed by atoms with Crippen LogP contribution in [0.2, 0.25) is 10.0 Å². The van der Waals surface area contributed by atoms with Crippen LogP contribution in [0.4, 0.5) is 0 Å². The molecule has 1 N–H and O–H groups in total. The van der Waals surface area contributed by atoms with E-state index in [1.165, 1.54) is 17.0 Å². The van der Waals surface area contributed by atoms with Gasteiger partial charge in [0.05, 0.1) is 16.2 Å². The van der Waals surface area contributed by atoms with Gasteiger partial charge in [-0.1, -0.05) is 57.3 Å². The van der Waals surface area contributed by atoms with Gasteiger partial charge in [-0.3, -0.25) is 4.79 Å². The minimum absolute atomic E-state index is 0.118. The minimum atomic E-state index is -4.37. The summed E-state index contributed by atoms with van der Waals surface area (Å²) in [6.07, 6.45) is 0. The second-order valence-electron chi connectivity index (χ2n) is 7.48. The van der Waals surface area contributed by atoms with Crippen LogP contribution in [0.3, 0.4) is 0 Å². The van der Waals surface area contributed by atoms with E-state index in [1.807, 2.05) is 0 Å². The van der Waals surface area contributed by atoms with Gasteiger partial charge in [0, 0.05) is 40.1 Å². The molecule has 1 amide bonds. The van der Waals surface area contributed by atoms with Crippen LogP contribution in [-0.4, -0.2) is 42.4 Å². The maximum absolute atomic E-state index is 13.9. The van der Waals surface area contributed by atoms with E-state index >= 15 is 0 Å². The third-order valence-electron chi connectivity index (χ3n) is 5.07. The number of nitrogens with zero attached hydrogens (tertiary/aromatic N) is 2. The van der Waals surface area contributed by atoms with Gasteiger partial charge in [-0.2, -0.15) is 0 Å². The van der Waals surface area contributed by atoms with Gasteiger partial charge in [0.1, 0.15) is 4.90 Å². The van der Waals surface area contributed by atoms with Crippen molar-refractivity contribution in [3.05, 3.63) is 80.7 Å². The molecular weight excluding hydrogens is 551 g/mol. The van der Waals surface area contributed by atoms with Crippen LogP contribution in [0.25, 0.3) is 22.2 Å². The lowest BCUT2D eigenvalue weighted by atomic mass is 10.0. The van der Waals surface area contributed by atoms with Crippen LogP contribution >= 0.6 is 39.1 Å². The standard InChI is InChI=1S/C23H17BrCl2N2O4S/c1-27(2)23(30)17-6-4-3-5-16(17)20-10-13-9-15(25)7-8-19(13)28(20)33(31,32)21-12-14(24)11-18(26)22(21)29/h3-12,29H,1-2H3. The summed E-state index contributed by atoms with van der Waals surface area (Å²) in [6.45, 7) is 0. The van der Waals surface area contributed by atoms with Gasteiger partial charge in [-0.15, -0.1) is 0 Å². The number of halogens is 3. The average Bonchev–Trinajstić information content (AvgIpc) is 3.14. The molecule has 0 bridgehead atoms. The van der Waals surface area contributed by atoms with Crippen molar-refractivity contribution < 1.29 is 18.3 Å². The van der Waals surface area contributed by atoms with Gasteiger partial charge in [0.15, 0.2) is 5.75 Å². The molecule has 1 heterocycles. The van der Waals surface area contributed by atoms with Crippen LogP contribution < -0.4 is 0 Å². The fourth-order valence-electron chi connectivity index (χ4n) is 3.58. The molecule has 6 nitrogen and oxygen atoms in total. The van der Waals surface area contributed by atoms with Gasteiger partial charge in [0.2, 0.25) is 0 Å². The van der Waals surface area contributed by atoms with E-state index in [0.717, 1.165) is 3.97 Å². The Bertz CT molecular complexity index is 1530. The molecule has 170 valence electrons. The summed E-state index contributed by atoms with van der Waals surface area (Å²) in [6, 6.07) is 15.8. The summed E-state index contributed by atoms with van der Waals surface area (Å²) in [5.74, 6) is -0.856. The Balaban J connectivity index is 2.12. The predicted octanol–water partition coefficient (Wildman–Crippen LogP) is 6.02. The molecule has 0 saturated carbocycles. The number of amides is 1. The number of aromatic nitrogens is 1. The van der Waals surface area contributed by atoms with Crippen molar-refractivity contribution in [1.82, 2.24) is 8.87 Å². The van der Waals surface area contributed by atoms with E-state index in [-0.39, 0.29) is 21.5 Å². The van der Waals surface area contributed by atoms with Crippen molar-refractivity contribution in [3.8, 4) is 17.0 Å². The molecule has 0 fully saturated rings. The molecule has 0 aliphatic rings. The molecule has 0 radical (unpaired) electrons. The van der Waals surface area contributed by atoms with Crippen molar-refractivity contribution >= 4 is 66.0 Å². The van der Waals surface area contributed by atoms with Gasteiger partial charge in [-0.05, 0) is 42.5 Å². The molecule has 0 saturated heterocycles. The highest BCUT2D eigenvalue weighted by Gasteiger charge is 2.29. The molecule has 4 aromatic rings. The number of phenolic OH excluding ortho intramolecular Hbond substituents is 1. The summed E-state index contributed by atoms with van der Waals surface area (Å²) in [4.78, 5) is 13.9. The quantitative estimate of drug-likeness (QED) is 0.327. The summed E-state index contributed by atoms with van der Waals surface area (Å²) < 4.78 is 29.3. The Kier molecular flexibility index (Phi) is 6.22. The Morgan fingerprint density at radius 1 is 1.03 bits per heavy atom. The Morgan fingerprint density at radius 2 is 1.73 bits per heavy atom. The van der Waals surface area contributed by atoms with E-state index in [0.29, 0.717) is 31.5 Å². The topological polar surface area (TPSA) is 79.6 Å². The third kappa shape index (κ3) is 4.12. The largest absolute Gasteiger partial charge is 0.505 e. The zero-order chi connectivity index (χ0) is 24.1. The monoisotopic (exact) mass is 566 g/mol. The lowest BCUT2D eigenvalue weighted by Crippen LogP contribution is -2.23. The molecule has 0 aliphatic carbocycles. The number of rotatable bonds is 4. The van der Waals surface area contributed by atoms with Crippen molar-refractivity contribution in [2.75, 3.05) is 14.1 Å². The maximum atomic E-state index is 13.9. The van der Waals surface area contributed by atoms with E-state index in [2.05, 4.69) is 15.9 Å². The predicted molar refractivity (Wildman–Crippen MR) is 134 cm³/mol. The van der Waals surface area contributed by atoms with Crippen LogP contribution in [0.15, 0.2) is 70.0 Å². The highest BCUT2D eigenvalue weighted by atomic mass is 79.9. The first kappa shape index (κ1) is 23.6. The molecule has 33 heavy (non-hydrogen) atoms. The molecule has 10 heteroatoms. The van der Waals surface area contributed by atoms with Crippen molar-refractivity contribution in [2.45, 2.75) is 4.90 Å². The minimum Gasteiger partial charge on any atom is -0.505 e. The first-order chi connectivity index (χ1) is 15.5. The molecule has 3 aromatic carbocycles. The van der Waals surface area contributed by atoms with Crippen LogP contribution in [0.1, 0.15) is 10.4 Å². The Morgan fingerprint density at radius 3 is 2.42 bits per heavy atom. The highest BCUT2D eigenvalue weighted by molar-refractivity contribution is 9.10. The number of hydrogen-bond donors (Lipinski definition) is 1. The molecule has 0 spiro atoms. The summed E-state index contributed by atoms with van der Waals surface area (Å²) in [7, 11) is -1.13. The smallest absolute Gasteiger partial charge is 0.272 e. The van der Waals surface area contributed by atoms with Crippen LogP contribution in [0.5, 0.6) is 5.75 Å². The van der Waals surface area contributed by atoms with E-state index in [4.69, 9.17) is 23.2 Å². The van der Waals surface area contributed by atoms with Gasteiger partial charge in [-0.25, -0.2) is 12.4 Å². The molecular formula is C23H17BrCl2N2O4S. The number of benzene rings is 3. The molecule has 0 aliphatic heterocycles. The number of aromatic hydroxyl groups is 1. The zero-order valence-corrected chi connectivity index (χ0v) is 21.3. The lowest BCUT2D eigenvalue weighted by molar-refractivity contribution is 0.0828. The summed E-state index contributed by atoms with van der Waals surface area (Å²) >= 11 is 15.5. The number of phenols is 1. The molecule has 0 unspecified atom stereocenters. The molecule has 4 rings (SSSR count). The fourth-order valence-corrected chi connectivity index (χ4v) is 6.44. The summed E-state index contributed by atoms with van der Waals surface area (Å²) in [5.41, 5.74) is 1.31. The normalized spacial score (nSPS) is 11.7. The Labute approximate surface area is 209 Å². The van der Waals surface area contributed by atoms with Gasteiger partial charge >= 0.3 is 0 Å². The zero-order valence-electron chi connectivity index (χ0n) is 17.4. The van der Waals surface area contributed by atoms with Crippen LogP contribution in [-0.2, 0) is 10.0 Å². The highest BCUT2D eigenvalue weighted by Crippen LogP contribution is 2.40. The SMILES string of the molecule is CN(C)C(=O)c1ccccc1-c1cc2cc(Cl)ccc2n1S(=O)(=O)c1cc(Br)cc(Cl)c1O. The van der Waals surface area contributed by atoms with E-state index in [1.54, 1.807) is 62.6 Å². The third-order valence-corrected chi connectivity index (χ3v) is 7.79. The summed E-state index contributed by atoms with van der Waals surface area (Å²) in [5, 5.41) is 11.4. The van der Waals surface area contributed by atoms with Crippen LogP contribution in [0, 0.1) is 0 Å². The number of carbonyl (C=O) groups excluding carboxylic acids is 1. The van der Waals surface area contributed by atoms with Gasteiger partial charge in [0.25, 0.3) is 15.9 Å². The Hall–Kier alpha value is -2.52.